The summed E-state index contributed by atoms with van der Waals surface area (Å²) >= 11 is 0. The first-order valence-electron chi connectivity index (χ1n) is 9.21. The molecule has 0 radical (unpaired) electrons. The van der Waals surface area contributed by atoms with Crippen LogP contribution in [0.1, 0.15) is 38.5 Å². The second kappa shape index (κ2) is 9.38. The summed E-state index contributed by atoms with van der Waals surface area (Å²) < 4.78 is 0. The molecule has 0 aromatic rings. The van der Waals surface area contributed by atoms with Gasteiger partial charge in [0, 0.05) is 45.2 Å². The highest BCUT2D eigenvalue weighted by molar-refractivity contribution is 5.85. The van der Waals surface area contributed by atoms with Crippen LogP contribution in [0.25, 0.3) is 0 Å². The molecule has 3 heterocycles. The van der Waals surface area contributed by atoms with Crippen molar-refractivity contribution in [2.24, 2.45) is 0 Å². The van der Waals surface area contributed by atoms with Gasteiger partial charge in [0.25, 0.3) is 0 Å². The van der Waals surface area contributed by atoms with E-state index in [0.717, 1.165) is 51.7 Å². The average Bonchev–Trinajstić information content (AvgIpc) is 2.80. The van der Waals surface area contributed by atoms with Gasteiger partial charge in [0.2, 0.25) is 17.7 Å². The van der Waals surface area contributed by atoms with Gasteiger partial charge in [-0.2, -0.15) is 0 Å². The summed E-state index contributed by atoms with van der Waals surface area (Å²) in [5.74, 6) is 0.257. The van der Waals surface area contributed by atoms with E-state index < -0.39 is 0 Å². The van der Waals surface area contributed by atoms with E-state index in [1.807, 2.05) is 9.80 Å². The molecule has 25 heavy (non-hydrogen) atoms. The minimum absolute atomic E-state index is 0. The number of piperidine rings is 1. The molecule has 0 aliphatic carbocycles. The zero-order valence-corrected chi connectivity index (χ0v) is 15.6. The quantitative estimate of drug-likeness (QED) is 0.770. The van der Waals surface area contributed by atoms with Crippen LogP contribution < -0.4 is 5.32 Å². The number of nitrogens with one attached hydrogen (secondary N) is 1. The van der Waals surface area contributed by atoms with Crippen molar-refractivity contribution in [3.8, 4) is 0 Å². The highest BCUT2D eigenvalue weighted by atomic mass is 35.5. The molecule has 3 saturated heterocycles. The highest BCUT2D eigenvalue weighted by Crippen LogP contribution is 2.18. The Morgan fingerprint density at radius 2 is 1.88 bits per heavy atom. The van der Waals surface area contributed by atoms with Crippen LogP contribution in [0.4, 0.5) is 0 Å². The SMILES string of the molecule is Cl.O=C1CCCCCN1CC(=O)N1CCCC(N2CCNCC2=O)C1. The van der Waals surface area contributed by atoms with Crippen LogP contribution in [-0.4, -0.2) is 84.3 Å². The van der Waals surface area contributed by atoms with Gasteiger partial charge in [-0.1, -0.05) is 6.42 Å². The van der Waals surface area contributed by atoms with E-state index in [-0.39, 0.29) is 42.7 Å². The van der Waals surface area contributed by atoms with Gasteiger partial charge in [-0.3, -0.25) is 14.4 Å². The lowest BCUT2D eigenvalue weighted by atomic mass is 10.0. The molecule has 0 saturated carbocycles. The topological polar surface area (TPSA) is 73.0 Å². The molecule has 1 atom stereocenters. The van der Waals surface area contributed by atoms with Crippen molar-refractivity contribution >= 4 is 30.1 Å². The van der Waals surface area contributed by atoms with Gasteiger partial charge in [0.15, 0.2) is 0 Å². The number of rotatable bonds is 3. The molecule has 0 bridgehead atoms. The van der Waals surface area contributed by atoms with Crippen molar-refractivity contribution in [3.63, 3.8) is 0 Å². The third-order valence-corrected chi connectivity index (χ3v) is 5.31. The van der Waals surface area contributed by atoms with Crippen LogP contribution in [0.2, 0.25) is 0 Å². The molecule has 0 spiro atoms. The molecule has 8 heteroatoms. The first kappa shape index (κ1) is 20.0. The summed E-state index contributed by atoms with van der Waals surface area (Å²) in [6.45, 7) is 4.16. The van der Waals surface area contributed by atoms with E-state index in [9.17, 15) is 14.4 Å². The van der Waals surface area contributed by atoms with Gasteiger partial charge in [0.05, 0.1) is 13.1 Å². The van der Waals surface area contributed by atoms with Crippen LogP contribution in [0.3, 0.4) is 0 Å². The van der Waals surface area contributed by atoms with Crippen molar-refractivity contribution in [1.29, 1.82) is 0 Å². The molecule has 3 amide bonds. The number of hydrogen-bond donors (Lipinski definition) is 1. The van der Waals surface area contributed by atoms with Gasteiger partial charge in [-0.25, -0.2) is 0 Å². The fourth-order valence-corrected chi connectivity index (χ4v) is 3.91. The molecule has 1 unspecified atom stereocenters. The molecule has 1 N–H and O–H groups in total. The lowest BCUT2D eigenvalue weighted by molar-refractivity contribution is -0.143. The number of hydrogen-bond acceptors (Lipinski definition) is 4. The average molecular weight is 373 g/mol. The van der Waals surface area contributed by atoms with Crippen LogP contribution in [0, 0.1) is 0 Å². The first-order chi connectivity index (χ1) is 11.6. The number of nitrogens with zero attached hydrogens (tertiary/aromatic N) is 3. The Morgan fingerprint density at radius 3 is 2.68 bits per heavy atom. The lowest BCUT2D eigenvalue weighted by Gasteiger charge is -2.41. The molecule has 142 valence electrons. The summed E-state index contributed by atoms with van der Waals surface area (Å²) in [6, 6.07) is 0.122. The fourth-order valence-electron chi connectivity index (χ4n) is 3.91. The standard InChI is InChI=1S/C17H28N4O3.ClH/c22-15-6-2-1-3-8-20(15)13-17(24)19-9-4-5-14(12-19)21-10-7-18-11-16(21)23;/h14,18H,1-13H2;1H. The zero-order valence-electron chi connectivity index (χ0n) is 14.7. The number of likely N-dealkylation sites (tertiary alicyclic amines) is 2. The highest BCUT2D eigenvalue weighted by Gasteiger charge is 2.32. The normalized spacial score (nSPS) is 25.4. The maximum absolute atomic E-state index is 12.7. The summed E-state index contributed by atoms with van der Waals surface area (Å²) in [4.78, 5) is 42.3. The van der Waals surface area contributed by atoms with E-state index >= 15 is 0 Å². The lowest BCUT2D eigenvalue weighted by Crippen LogP contribution is -2.58. The largest absolute Gasteiger partial charge is 0.339 e. The number of piperazine rings is 1. The summed E-state index contributed by atoms with van der Waals surface area (Å²) in [6.07, 6.45) is 5.41. The van der Waals surface area contributed by atoms with Crippen molar-refractivity contribution in [2.45, 2.75) is 44.6 Å². The smallest absolute Gasteiger partial charge is 0.242 e. The van der Waals surface area contributed by atoms with Crippen molar-refractivity contribution in [1.82, 2.24) is 20.0 Å². The summed E-state index contributed by atoms with van der Waals surface area (Å²) in [5.41, 5.74) is 0. The Hall–Kier alpha value is -1.34. The van der Waals surface area contributed by atoms with E-state index in [1.165, 1.54) is 0 Å². The molecular weight excluding hydrogens is 344 g/mol. The minimum Gasteiger partial charge on any atom is -0.339 e. The second-order valence-corrected chi connectivity index (χ2v) is 7.03. The number of amides is 3. The molecule has 7 nitrogen and oxygen atoms in total. The molecule has 3 aliphatic heterocycles. The monoisotopic (exact) mass is 372 g/mol. The molecule has 3 fully saturated rings. The van der Waals surface area contributed by atoms with Gasteiger partial charge in [0.1, 0.15) is 0 Å². The Bertz CT molecular complexity index is 502. The Balaban J connectivity index is 0.00000225. The van der Waals surface area contributed by atoms with E-state index in [0.29, 0.717) is 26.1 Å². The minimum atomic E-state index is 0. The molecule has 0 aromatic carbocycles. The second-order valence-electron chi connectivity index (χ2n) is 7.03. The molecule has 3 aliphatic rings. The van der Waals surface area contributed by atoms with Gasteiger partial charge in [-0.15, -0.1) is 12.4 Å². The predicted octanol–water partition coefficient (Wildman–Crippen LogP) is 0.234. The predicted molar refractivity (Wildman–Crippen MR) is 96.5 cm³/mol. The van der Waals surface area contributed by atoms with Crippen molar-refractivity contribution in [3.05, 3.63) is 0 Å². The van der Waals surface area contributed by atoms with Gasteiger partial charge < -0.3 is 20.0 Å². The summed E-state index contributed by atoms with van der Waals surface area (Å²) in [7, 11) is 0. The van der Waals surface area contributed by atoms with Crippen molar-refractivity contribution in [2.75, 3.05) is 45.8 Å². The Kier molecular flexibility index (Phi) is 7.50. The first-order valence-corrected chi connectivity index (χ1v) is 9.21. The van der Waals surface area contributed by atoms with Gasteiger partial charge in [-0.05, 0) is 25.7 Å². The van der Waals surface area contributed by atoms with Crippen molar-refractivity contribution < 1.29 is 14.4 Å². The molecule has 3 rings (SSSR count). The Morgan fingerprint density at radius 1 is 1.04 bits per heavy atom. The van der Waals surface area contributed by atoms with Crippen LogP contribution in [0.5, 0.6) is 0 Å². The number of carbonyl (C=O) groups excluding carboxylic acids is 3. The number of halogens is 1. The molecular formula is C17H29ClN4O3. The zero-order chi connectivity index (χ0) is 16.9. The van der Waals surface area contributed by atoms with Gasteiger partial charge >= 0.3 is 0 Å². The third-order valence-electron chi connectivity index (χ3n) is 5.31. The molecule has 0 aromatic heterocycles. The van der Waals surface area contributed by atoms with Crippen LogP contribution >= 0.6 is 12.4 Å². The maximum Gasteiger partial charge on any atom is 0.242 e. The third kappa shape index (κ3) is 5.07. The Labute approximate surface area is 155 Å². The maximum atomic E-state index is 12.7. The number of carbonyl (C=O) groups is 3. The summed E-state index contributed by atoms with van der Waals surface area (Å²) in [5, 5.41) is 3.09. The van der Waals surface area contributed by atoms with Crippen LogP contribution in [-0.2, 0) is 14.4 Å². The van der Waals surface area contributed by atoms with E-state index in [4.69, 9.17) is 0 Å². The van der Waals surface area contributed by atoms with Crippen LogP contribution in [0.15, 0.2) is 0 Å². The van der Waals surface area contributed by atoms with E-state index in [1.54, 1.807) is 4.90 Å². The van der Waals surface area contributed by atoms with E-state index in [2.05, 4.69) is 5.32 Å². The fraction of sp³-hybridized carbons (Fsp3) is 0.824.